The van der Waals surface area contributed by atoms with E-state index in [0.717, 1.165) is 6.07 Å². The van der Waals surface area contributed by atoms with E-state index in [1.54, 1.807) is 30.3 Å². The first-order valence-corrected chi connectivity index (χ1v) is 6.67. The highest BCUT2D eigenvalue weighted by Crippen LogP contribution is 2.34. The van der Waals surface area contributed by atoms with Crippen LogP contribution >= 0.6 is 0 Å². The first kappa shape index (κ1) is 14.7. The molecule has 0 spiro atoms. The summed E-state index contributed by atoms with van der Waals surface area (Å²) in [6.45, 7) is 0. The molecule has 0 saturated carbocycles. The molecule has 0 aliphatic heterocycles. The van der Waals surface area contributed by atoms with Crippen LogP contribution in [0.15, 0.2) is 48.5 Å². The molecule has 0 fully saturated rings. The largest absolute Gasteiger partial charge is 0.478 e. The number of fused-ring (bicyclic) bond motifs is 1. The fourth-order valence-corrected chi connectivity index (χ4v) is 2.56. The standard InChI is InChI=1S/C18H9F2NO2/c19-13-6-12(9-21)17(16(20)8-13)14-3-1-2-10-4-5-11(18(22)23)7-15(10)14/h1-8H,(H,22,23). The Bertz CT molecular complexity index is 990. The topological polar surface area (TPSA) is 61.1 Å². The van der Waals surface area contributed by atoms with E-state index < -0.39 is 17.6 Å². The molecule has 1 N–H and O–H groups in total. The molecule has 0 amide bonds. The lowest BCUT2D eigenvalue weighted by Crippen LogP contribution is -1.97. The van der Waals surface area contributed by atoms with Gasteiger partial charge in [0.2, 0.25) is 0 Å². The molecule has 0 unspecified atom stereocenters. The molecular weight excluding hydrogens is 300 g/mol. The van der Waals surface area contributed by atoms with Gasteiger partial charge in [-0.05, 0) is 34.5 Å². The maximum atomic E-state index is 14.3. The van der Waals surface area contributed by atoms with Crippen LogP contribution in [0.1, 0.15) is 15.9 Å². The third-order valence-electron chi connectivity index (χ3n) is 3.57. The van der Waals surface area contributed by atoms with Crippen molar-refractivity contribution in [2.45, 2.75) is 0 Å². The number of carbonyl (C=O) groups is 1. The zero-order chi connectivity index (χ0) is 16.6. The van der Waals surface area contributed by atoms with E-state index in [0.29, 0.717) is 22.4 Å². The van der Waals surface area contributed by atoms with Crippen molar-refractivity contribution in [2.24, 2.45) is 0 Å². The van der Waals surface area contributed by atoms with Crippen molar-refractivity contribution >= 4 is 16.7 Å². The summed E-state index contributed by atoms with van der Waals surface area (Å²) in [5.74, 6) is -2.81. The van der Waals surface area contributed by atoms with Gasteiger partial charge in [0.25, 0.3) is 0 Å². The van der Waals surface area contributed by atoms with Gasteiger partial charge in [-0.25, -0.2) is 13.6 Å². The molecule has 0 atom stereocenters. The van der Waals surface area contributed by atoms with Gasteiger partial charge in [0.1, 0.15) is 11.6 Å². The van der Waals surface area contributed by atoms with Crippen molar-refractivity contribution < 1.29 is 18.7 Å². The minimum absolute atomic E-state index is 0.0398. The second kappa shape index (κ2) is 5.50. The fraction of sp³-hybridized carbons (Fsp3) is 0. The van der Waals surface area contributed by atoms with Crippen molar-refractivity contribution in [1.29, 1.82) is 5.26 Å². The van der Waals surface area contributed by atoms with Crippen LogP contribution in [0, 0.1) is 23.0 Å². The first-order chi connectivity index (χ1) is 11.0. The molecule has 3 aromatic carbocycles. The minimum Gasteiger partial charge on any atom is -0.478 e. The number of carboxylic acid groups (broad SMARTS) is 1. The molecule has 5 heteroatoms. The van der Waals surface area contributed by atoms with Crippen molar-refractivity contribution in [2.75, 3.05) is 0 Å². The van der Waals surface area contributed by atoms with Crippen LogP contribution in [-0.4, -0.2) is 11.1 Å². The van der Waals surface area contributed by atoms with E-state index in [1.807, 2.05) is 0 Å². The number of nitriles is 1. The van der Waals surface area contributed by atoms with Gasteiger partial charge in [0, 0.05) is 11.6 Å². The number of carboxylic acids is 1. The van der Waals surface area contributed by atoms with Gasteiger partial charge in [-0.1, -0.05) is 24.3 Å². The third-order valence-corrected chi connectivity index (χ3v) is 3.57. The molecule has 0 bridgehead atoms. The maximum Gasteiger partial charge on any atom is 0.335 e. The van der Waals surface area contributed by atoms with E-state index in [-0.39, 0.29) is 16.7 Å². The molecule has 0 aliphatic carbocycles. The third kappa shape index (κ3) is 2.51. The van der Waals surface area contributed by atoms with E-state index in [9.17, 15) is 13.6 Å². The SMILES string of the molecule is N#Cc1cc(F)cc(F)c1-c1cccc2ccc(C(=O)O)cc12. The molecular formula is C18H9F2NO2. The number of nitrogens with zero attached hydrogens (tertiary/aromatic N) is 1. The highest BCUT2D eigenvalue weighted by atomic mass is 19.1. The Balaban J connectivity index is 2.40. The van der Waals surface area contributed by atoms with Crippen molar-refractivity contribution in [3.63, 3.8) is 0 Å². The fourth-order valence-electron chi connectivity index (χ4n) is 2.56. The van der Waals surface area contributed by atoms with Crippen LogP contribution in [0.25, 0.3) is 21.9 Å². The van der Waals surface area contributed by atoms with Crippen LogP contribution in [-0.2, 0) is 0 Å². The minimum atomic E-state index is -1.11. The molecule has 0 radical (unpaired) electrons. The van der Waals surface area contributed by atoms with Gasteiger partial charge < -0.3 is 5.11 Å². The van der Waals surface area contributed by atoms with E-state index >= 15 is 0 Å². The highest BCUT2D eigenvalue weighted by Gasteiger charge is 2.16. The smallest absolute Gasteiger partial charge is 0.335 e. The Morgan fingerprint density at radius 1 is 1.09 bits per heavy atom. The average molecular weight is 309 g/mol. The molecule has 0 aromatic heterocycles. The number of halogens is 2. The van der Waals surface area contributed by atoms with E-state index in [2.05, 4.69) is 0 Å². The van der Waals surface area contributed by atoms with Gasteiger partial charge in [0.05, 0.1) is 17.2 Å². The summed E-state index contributed by atoms with van der Waals surface area (Å²) in [5, 5.41) is 19.5. The van der Waals surface area contributed by atoms with Gasteiger partial charge in [0.15, 0.2) is 0 Å². The quantitative estimate of drug-likeness (QED) is 0.765. The lowest BCUT2D eigenvalue weighted by Gasteiger charge is -2.11. The zero-order valence-corrected chi connectivity index (χ0v) is 11.7. The highest BCUT2D eigenvalue weighted by molar-refractivity contribution is 6.02. The Labute approximate surface area is 130 Å². The molecule has 3 rings (SSSR count). The predicted molar refractivity (Wildman–Crippen MR) is 81.0 cm³/mol. The number of hydrogen-bond donors (Lipinski definition) is 1. The normalized spacial score (nSPS) is 10.5. The second-order valence-electron chi connectivity index (χ2n) is 4.97. The van der Waals surface area contributed by atoms with Gasteiger partial charge in [-0.15, -0.1) is 0 Å². The monoisotopic (exact) mass is 309 g/mol. The summed E-state index contributed by atoms with van der Waals surface area (Å²) in [4.78, 5) is 11.2. The maximum absolute atomic E-state index is 14.3. The summed E-state index contributed by atoms with van der Waals surface area (Å²) in [6.07, 6.45) is 0. The van der Waals surface area contributed by atoms with Crippen LogP contribution in [0.4, 0.5) is 8.78 Å². The lowest BCUT2D eigenvalue weighted by molar-refractivity contribution is 0.0697. The van der Waals surface area contributed by atoms with Gasteiger partial charge >= 0.3 is 5.97 Å². The van der Waals surface area contributed by atoms with Crippen molar-refractivity contribution in [1.82, 2.24) is 0 Å². The first-order valence-electron chi connectivity index (χ1n) is 6.67. The summed E-state index contributed by atoms with van der Waals surface area (Å²) < 4.78 is 27.6. The molecule has 3 nitrogen and oxygen atoms in total. The van der Waals surface area contributed by atoms with Gasteiger partial charge in [-0.3, -0.25) is 0 Å². The Hall–Kier alpha value is -3.26. The second-order valence-corrected chi connectivity index (χ2v) is 4.97. The summed E-state index contributed by atoms with van der Waals surface area (Å²) in [7, 11) is 0. The molecule has 112 valence electrons. The summed E-state index contributed by atoms with van der Waals surface area (Å²) in [6, 6.07) is 12.9. The molecule has 23 heavy (non-hydrogen) atoms. The van der Waals surface area contributed by atoms with Crippen LogP contribution in [0.5, 0.6) is 0 Å². The number of rotatable bonds is 2. The zero-order valence-electron chi connectivity index (χ0n) is 11.7. The van der Waals surface area contributed by atoms with Crippen molar-refractivity contribution in [3.05, 3.63) is 71.3 Å². The molecule has 0 heterocycles. The Morgan fingerprint density at radius 3 is 2.57 bits per heavy atom. The Kier molecular flexibility index (Phi) is 3.51. The molecule has 0 saturated heterocycles. The van der Waals surface area contributed by atoms with Crippen LogP contribution in [0.2, 0.25) is 0 Å². The Morgan fingerprint density at radius 2 is 1.87 bits per heavy atom. The number of hydrogen-bond acceptors (Lipinski definition) is 2. The number of aromatic carboxylic acids is 1. The van der Waals surface area contributed by atoms with Crippen LogP contribution in [0.3, 0.4) is 0 Å². The molecule has 0 aliphatic rings. The lowest BCUT2D eigenvalue weighted by atomic mass is 9.93. The average Bonchev–Trinajstić information content (AvgIpc) is 2.53. The molecule has 3 aromatic rings. The van der Waals surface area contributed by atoms with Gasteiger partial charge in [-0.2, -0.15) is 5.26 Å². The predicted octanol–water partition coefficient (Wildman–Crippen LogP) is 4.35. The number of benzene rings is 3. The summed E-state index contributed by atoms with van der Waals surface area (Å²) in [5.41, 5.74) is 0.211. The van der Waals surface area contributed by atoms with Crippen LogP contribution < -0.4 is 0 Å². The van der Waals surface area contributed by atoms with Crippen molar-refractivity contribution in [3.8, 4) is 17.2 Å². The summed E-state index contributed by atoms with van der Waals surface area (Å²) >= 11 is 0. The van der Waals surface area contributed by atoms with E-state index in [1.165, 1.54) is 12.1 Å². The van der Waals surface area contributed by atoms with E-state index in [4.69, 9.17) is 10.4 Å².